The lowest BCUT2D eigenvalue weighted by Crippen LogP contribution is -2.47. The minimum absolute atomic E-state index is 0.114. The number of hydrogen-bond donors (Lipinski definition) is 2. The normalized spacial score (nSPS) is 16.7. The lowest BCUT2D eigenvalue weighted by molar-refractivity contribution is -0.122. The van der Waals surface area contributed by atoms with Crippen molar-refractivity contribution in [3.63, 3.8) is 0 Å². The van der Waals surface area contributed by atoms with E-state index in [0.29, 0.717) is 18.8 Å². The fraction of sp³-hybridized carbons (Fsp3) is 0.727. The predicted octanol–water partition coefficient (Wildman–Crippen LogP) is -0.626. The van der Waals surface area contributed by atoms with E-state index in [1.165, 1.54) is 0 Å². The molecule has 0 saturated carbocycles. The van der Waals surface area contributed by atoms with Crippen molar-refractivity contribution in [3.8, 4) is 12.3 Å². The van der Waals surface area contributed by atoms with Crippen molar-refractivity contribution in [1.29, 1.82) is 0 Å². The van der Waals surface area contributed by atoms with E-state index in [0.717, 1.165) is 31.9 Å². The van der Waals surface area contributed by atoms with Gasteiger partial charge in [-0.05, 0) is 0 Å². The molecular weight excluding hydrogens is 222 g/mol. The summed E-state index contributed by atoms with van der Waals surface area (Å²) in [6, 6.07) is 0. The highest BCUT2D eigenvalue weighted by molar-refractivity contribution is 7.99. The van der Waals surface area contributed by atoms with Gasteiger partial charge in [-0.25, -0.2) is 0 Å². The highest BCUT2D eigenvalue weighted by atomic mass is 32.2. The van der Waals surface area contributed by atoms with E-state index in [4.69, 9.17) is 6.42 Å². The lowest BCUT2D eigenvalue weighted by atomic mass is 10.3. The van der Waals surface area contributed by atoms with Crippen LogP contribution < -0.4 is 10.6 Å². The molecule has 0 aromatic rings. The summed E-state index contributed by atoms with van der Waals surface area (Å²) >= 11 is 1.67. The first-order valence-corrected chi connectivity index (χ1v) is 6.69. The van der Waals surface area contributed by atoms with Gasteiger partial charge in [-0.1, -0.05) is 5.92 Å². The van der Waals surface area contributed by atoms with Gasteiger partial charge in [0.05, 0.1) is 12.3 Å². The molecule has 0 radical (unpaired) electrons. The number of terminal acetylenes is 1. The Morgan fingerprint density at radius 1 is 1.50 bits per heavy atom. The highest BCUT2D eigenvalue weighted by Crippen LogP contribution is 1.95. The van der Waals surface area contributed by atoms with E-state index >= 15 is 0 Å². The molecule has 0 spiro atoms. The Labute approximate surface area is 102 Å². The van der Waals surface area contributed by atoms with Gasteiger partial charge < -0.3 is 10.6 Å². The van der Waals surface area contributed by atoms with Gasteiger partial charge in [-0.3, -0.25) is 9.69 Å². The Kier molecular flexibility index (Phi) is 7.06. The maximum atomic E-state index is 11.5. The summed E-state index contributed by atoms with van der Waals surface area (Å²) in [5, 5.41) is 6.16. The van der Waals surface area contributed by atoms with Crippen LogP contribution in [0, 0.1) is 12.3 Å². The van der Waals surface area contributed by atoms with Crippen molar-refractivity contribution in [1.82, 2.24) is 15.5 Å². The summed E-state index contributed by atoms with van der Waals surface area (Å²) in [6.45, 7) is 5.09. The number of nitrogens with zero attached hydrogens (tertiary/aromatic N) is 1. The molecule has 0 unspecified atom stereocenters. The third-order valence-corrected chi connectivity index (χ3v) is 3.19. The minimum atomic E-state index is 0.114. The fourth-order valence-electron chi connectivity index (χ4n) is 1.52. The first kappa shape index (κ1) is 13.4. The monoisotopic (exact) mass is 241 g/mol. The van der Waals surface area contributed by atoms with E-state index in [1.807, 2.05) is 0 Å². The third-order valence-electron chi connectivity index (χ3n) is 2.33. The second-order valence-corrected chi connectivity index (χ2v) is 4.74. The van der Waals surface area contributed by atoms with E-state index in [2.05, 4.69) is 21.5 Å². The van der Waals surface area contributed by atoms with Gasteiger partial charge in [-0.2, -0.15) is 0 Å². The molecule has 5 heteroatoms. The number of carbonyl (C=O) groups excluding carboxylic acids is 1. The molecule has 4 nitrogen and oxygen atoms in total. The Balaban J connectivity index is 1.99. The molecule has 16 heavy (non-hydrogen) atoms. The summed E-state index contributed by atoms with van der Waals surface area (Å²) in [5.74, 6) is 4.27. The first-order chi connectivity index (χ1) is 7.83. The van der Waals surface area contributed by atoms with Crippen molar-refractivity contribution in [3.05, 3.63) is 0 Å². The second-order valence-electron chi connectivity index (χ2n) is 3.63. The van der Waals surface area contributed by atoms with E-state index in [1.54, 1.807) is 11.8 Å². The van der Waals surface area contributed by atoms with Crippen LogP contribution in [-0.2, 0) is 4.79 Å². The van der Waals surface area contributed by atoms with Crippen LogP contribution in [0.5, 0.6) is 0 Å². The Morgan fingerprint density at radius 3 is 2.94 bits per heavy atom. The molecule has 1 fully saturated rings. The van der Waals surface area contributed by atoms with Crippen LogP contribution in [0.25, 0.3) is 0 Å². The van der Waals surface area contributed by atoms with Gasteiger partial charge in [0, 0.05) is 38.5 Å². The summed E-state index contributed by atoms with van der Waals surface area (Å²) in [7, 11) is 0. The Hall–Kier alpha value is -0.700. The molecule has 0 aromatic carbocycles. The maximum absolute atomic E-state index is 11.5. The van der Waals surface area contributed by atoms with Crippen molar-refractivity contribution in [2.45, 2.75) is 0 Å². The molecule has 1 aliphatic rings. The summed E-state index contributed by atoms with van der Waals surface area (Å²) in [4.78, 5) is 13.7. The van der Waals surface area contributed by atoms with Gasteiger partial charge >= 0.3 is 0 Å². The molecule has 0 atom stereocenters. The lowest BCUT2D eigenvalue weighted by Gasteiger charge is -2.26. The van der Waals surface area contributed by atoms with Crippen molar-refractivity contribution in [2.24, 2.45) is 0 Å². The third kappa shape index (κ3) is 6.01. The van der Waals surface area contributed by atoms with Gasteiger partial charge in [0.2, 0.25) is 5.91 Å². The summed E-state index contributed by atoms with van der Waals surface area (Å²) < 4.78 is 0. The van der Waals surface area contributed by atoms with E-state index < -0.39 is 0 Å². The number of amides is 1. The minimum Gasteiger partial charge on any atom is -0.354 e. The quantitative estimate of drug-likeness (QED) is 0.480. The first-order valence-electron chi connectivity index (χ1n) is 5.54. The van der Waals surface area contributed by atoms with Crippen LogP contribution in [0.15, 0.2) is 0 Å². The molecular formula is C11H19N3OS. The standard InChI is InChI=1S/C11H19N3OS/c1-2-8-16-9-5-13-11(15)10-14-6-3-12-4-7-14/h1,12H,3-10H2,(H,13,15). The Bertz CT molecular complexity index is 246. The van der Waals surface area contributed by atoms with E-state index in [9.17, 15) is 4.79 Å². The SMILES string of the molecule is C#CCSCCNC(=O)CN1CCNCC1. The molecule has 1 heterocycles. The molecule has 0 aliphatic carbocycles. The van der Waals surface area contributed by atoms with Crippen molar-refractivity contribution in [2.75, 3.05) is 50.8 Å². The van der Waals surface area contributed by atoms with Crippen LogP contribution in [-0.4, -0.2) is 61.6 Å². The zero-order valence-corrected chi connectivity index (χ0v) is 10.3. The number of thioether (sulfide) groups is 1. The van der Waals surface area contributed by atoms with Crippen molar-refractivity contribution >= 4 is 17.7 Å². The van der Waals surface area contributed by atoms with Crippen LogP contribution >= 0.6 is 11.8 Å². The topological polar surface area (TPSA) is 44.4 Å². The molecule has 1 rings (SSSR count). The van der Waals surface area contributed by atoms with Gasteiger partial charge in [0.1, 0.15) is 0 Å². The average Bonchev–Trinajstić information content (AvgIpc) is 2.30. The van der Waals surface area contributed by atoms with E-state index in [-0.39, 0.29) is 5.91 Å². The molecule has 1 aliphatic heterocycles. The van der Waals surface area contributed by atoms with Gasteiger partial charge in [0.25, 0.3) is 0 Å². The van der Waals surface area contributed by atoms with Crippen molar-refractivity contribution < 1.29 is 4.79 Å². The molecule has 2 N–H and O–H groups in total. The zero-order valence-electron chi connectivity index (χ0n) is 9.50. The number of rotatable bonds is 6. The largest absolute Gasteiger partial charge is 0.354 e. The van der Waals surface area contributed by atoms with Crippen LogP contribution in [0.4, 0.5) is 0 Å². The van der Waals surface area contributed by atoms with Gasteiger partial charge in [-0.15, -0.1) is 18.2 Å². The number of carbonyl (C=O) groups is 1. The molecule has 1 amide bonds. The van der Waals surface area contributed by atoms with Crippen LogP contribution in [0.1, 0.15) is 0 Å². The molecule has 0 aromatic heterocycles. The number of nitrogens with one attached hydrogen (secondary N) is 2. The number of piperazine rings is 1. The molecule has 0 bridgehead atoms. The fourth-order valence-corrected chi connectivity index (χ4v) is 2.03. The second kappa shape index (κ2) is 8.45. The summed E-state index contributed by atoms with van der Waals surface area (Å²) in [5.41, 5.74) is 0. The zero-order chi connectivity index (χ0) is 11.6. The Morgan fingerprint density at radius 2 is 2.25 bits per heavy atom. The average molecular weight is 241 g/mol. The maximum Gasteiger partial charge on any atom is 0.234 e. The highest BCUT2D eigenvalue weighted by Gasteiger charge is 2.12. The number of hydrogen-bond acceptors (Lipinski definition) is 4. The predicted molar refractivity (Wildman–Crippen MR) is 68.5 cm³/mol. The van der Waals surface area contributed by atoms with Crippen LogP contribution in [0.3, 0.4) is 0 Å². The van der Waals surface area contributed by atoms with Crippen LogP contribution in [0.2, 0.25) is 0 Å². The summed E-state index contributed by atoms with van der Waals surface area (Å²) in [6.07, 6.45) is 5.12. The van der Waals surface area contributed by atoms with Gasteiger partial charge in [0.15, 0.2) is 0 Å². The molecule has 90 valence electrons. The smallest absolute Gasteiger partial charge is 0.234 e. The molecule has 1 saturated heterocycles.